The molecule has 5 heteroatoms. The lowest BCUT2D eigenvalue weighted by Crippen LogP contribution is -1.99. The quantitative estimate of drug-likeness (QED) is 0.799. The molecule has 0 atom stereocenters. The Labute approximate surface area is 96.8 Å². The van der Waals surface area contributed by atoms with E-state index in [0.717, 1.165) is 0 Å². The molecule has 1 rings (SSSR count). The first-order valence-electron chi connectivity index (χ1n) is 4.45. The predicted molar refractivity (Wildman–Crippen MR) is 67.2 cm³/mol. The summed E-state index contributed by atoms with van der Waals surface area (Å²) >= 11 is 0. The van der Waals surface area contributed by atoms with Gasteiger partial charge in [0.05, 0.1) is 14.2 Å². The minimum Gasteiger partial charge on any atom is -0.481 e. The number of aromatic nitrogens is 2. The molecule has 0 aromatic carbocycles. The minimum absolute atomic E-state index is 0.290. The maximum atomic E-state index is 4.93. The van der Waals surface area contributed by atoms with Crippen molar-refractivity contribution in [3.05, 3.63) is 32.4 Å². The summed E-state index contributed by atoms with van der Waals surface area (Å²) in [5, 5.41) is 2.87. The van der Waals surface area contributed by atoms with E-state index in [0.29, 0.717) is 17.7 Å². The van der Waals surface area contributed by atoms with Gasteiger partial charge in [0.1, 0.15) is 5.82 Å². The SMILES string of the molecule is C=C.C=C.CNc1cc(OC)nc(OC)n1. The van der Waals surface area contributed by atoms with Crippen molar-refractivity contribution < 1.29 is 9.47 Å². The van der Waals surface area contributed by atoms with Gasteiger partial charge in [0.25, 0.3) is 0 Å². The lowest BCUT2D eigenvalue weighted by Gasteiger charge is -2.04. The van der Waals surface area contributed by atoms with Crippen molar-refractivity contribution in [3.63, 3.8) is 0 Å². The number of anilines is 1. The molecule has 0 spiro atoms. The Kier molecular flexibility index (Phi) is 11.3. The first kappa shape index (κ1) is 16.4. The van der Waals surface area contributed by atoms with E-state index in [2.05, 4.69) is 41.6 Å². The molecule has 1 aromatic heterocycles. The van der Waals surface area contributed by atoms with E-state index in [9.17, 15) is 0 Å². The van der Waals surface area contributed by atoms with Gasteiger partial charge in [0.2, 0.25) is 5.88 Å². The molecule has 0 aliphatic rings. The summed E-state index contributed by atoms with van der Waals surface area (Å²) < 4.78 is 9.78. The fourth-order valence-corrected chi connectivity index (χ4v) is 0.728. The standard InChI is InChI=1S/C7H11N3O2.2C2H4/c1-8-5-4-6(11-2)10-7(9-5)12-3;2*1-2/h4H,1-3H3,(H,8,9,10);2*1-2H2. The maximum Gasteiger partial charge on any atom is 0.321 e. The molecule has 0 aliphatic heterocycles. The topological polar surface area (TPSA) is 56.3 Å². The van der Waals surface area contributed by atoms with Crippen molar-refractivity contribution in [1.29, 1.82) is 0 Å². The number of hydrogen-bond donors (Lipinski definition) is 1. The zero-order chi connectivity index (χ0) is 13.0. The zero-order valence-corrected chi connectivity index (χ0v) is 10.1. The first-order chi connectivity index (χ1) is 7.80. The molecule has 0 fully saturated rings. The van der Waals surface area contributed by atoms with Gasteiger partial charge < -0.3 is 14.8 Å². The van der Waals surface area contributed by atoms with Gasteiger partial charge in [-0.1, -0.05) is 0 Å². The molecule has 0 saturated carbocycles. The minimum atomic E-state index is 0.290. The van der Waals surface area contributed by atoms with Crippen LogP contribution >= 0.6 is 0 Å². The average molecular weight is 225 g/mol. The third-order valence-corrected chi connectivity index (χ3v) is 1.33. The fourth-order valence-electron chi connectivity index (χ4n) is 0.728. The molecule has 16 heavy (non-hydrogen) atoms. The van der Waals surface area contributed by atoms with Gasteiger partial charge in [-0.3, -0.25) is 0 Å². The van der Waals surface area contributed by atoms with Crippen LogP contribution in [0.15, 0.2) is 32.4 Å². The van der Waals surface area contributed by atoms with Crippen LogP contribution in [0.25, 0.3) is 0 Å². The molecule has 0 aliphatic carbocycles. The second-order valence-corrected chi connectivity index (χ2v) is 2.03. The Morgan fingerprint density at radius 2 is 1.62 bits per heavy atom. The molecule has 1 heterocycles. The van der Waals surface area contributed by atoms with Crippen molar-refractivity contribution in [2.45, 2.75) is 0 Å². The lowest BCUT2D eigenvalue weighted by atomic mass is 10.5. The van der Waals surface area contributed by atoms with Crippen LogP contribution in [0, 0.1) is 0 Å². The molecular weight excluding hydrogens is 206 g/mol. The third-order valence-electron chi connectivity index (χ3n) is 1.33. The number of rotatable bonds is 3. The summed E-state index contributed by atoms with van der Waals surface area (Å²) in [5.74, 6) is 1.14. The van der Waals surface area contributed by atoms with Gasteiger partial charge in [-0.25, -0.2) is 0 Å². The normalized spacial score (nSPS) is 7.44. The number of ether oxygens (including phenoxy) is 2. The summed E-state index contributed by atoms with van der Waals surface area (Å²) in [6.07, 6.45) is 0. The lowest BCUT2D eigenvalue weighted by molar-refractivity contribution is 0.353. The van der Waals surface area contributed by atoms with Crippen LogP contribution in [0.5, 0.6) is 11.9 Å². The molecule has 90 valence electrons. The third kappa shape index (κ3) is 5.64. The highest BCUT2D eigenvalue weighted by molar-refractivity contribution is 5.38. The number of hydrogen-bond acceptors (Lipinski definition) is 5. The van der Waals surface area contributed by atoms with E-state index in [1.807, 2.05) is 0 Å². The van der Waals surface area contributed by atoms with Crippen LogP contribution in [0.4, 0.5) is 5.82 Å². The van der Waals surface area contributed by atoms with E-state index in [4.69, 9.17) is 9.47 Å². The molecule has 0 saturated heterocycles. The van der Waals surface area contributed by atoms with Gasteiger partial charge >= 0.3 is 6.01 Å². The van der Waals surface area contributed by atoms with Gasteiger partial charge in [-0.2, -0.15) is 9.97 Å². The second-order valence-electron chi connectivity index (χ2n) is 2.03. The van der Waals surface area contributed by atoms with Crippen LogP contribution in [-0.2, 0) is 0 Å². The average Bonchev–Trinajstić information content (AvgIpc) is 2.42. The molecular formula is C11H19N3O2. The second kappa shape index (κ2) is 11.0. The van der Waals surface area contributed by atoms with Crippen molar-refractivity contribution >= 4 is 5.82 Å². The van der Waals surface area contributed by atoms with Crippen LogP contribution in [0.3, 0.4) is 0 Å². The molecule has 0 unspecified atom stereocenters. The number of methoxy groups -OCH3 is 2. The van der Waals surface area contributed by atoms with E-state index in [1.54, 1.807) is 20.2 Å². The van der Waals surface area contributed by atoms with E-state index in [-0.39, 0.29) is 0 Å². The van der Waals surface area contributed by atoms with Gasteiger partial charge in [-0.05, 0) is 0 Å². The summed E-state index contributed by atoms with van der Waals surface area (Å²) in [7, 11) is 4.82. The van der Waals surface area contributed by atoms with Crippen LogP contribution < -0.4 is 14.8 Å². The van der Waals surface area contributed by atoms with Gasteiger partial charge in [0, 0.05) is 13.1 Å². The Bertz CT molecular complexity index is 235. The maximum absolute atomic E-state index is 4.93. The predicted octanol–water partition coefficient (Wildman–Crippen LogP) is 2.14. The number of nitrogens with one attached hydrogen (secondary N) is 1. The number of nitrogens with zero attached hydrogens (tertiary/aromatic N) is 2. The summed E-state index contributed by atoms with van der Waals surface area (Å²) in [6.45, 7) is 12.0. The summed E-state index contributed by atoms with van der Waals surface area (Å²) in [4.78, 5) is 7.92. The van der Waals surface area contributed by atoms with Gasteiger partial charge in [0.15, 0.2) is 0 Å². The molecule has 0 bridgehead atoms. The largest absolute Gasteiger partial charge is 0.481 e. The fraction of sp³-hybridized carbons (Fsp3) is 0.273. The highest BCUT2D eigenvalue weighted by Crippen LogP contribution is 2.15. The Morgan fingerprint density at radius 1 is 1.06 bits per heavy atom. The molecule has 5 nitrogen and oxygen atoms in total. The molecule has 1 N–H and O–H groups in total. The Morgan fingerprint density at radius 3 is 2.00 bits per heavy atom. The Balaban J connectivity index is 0. The summed E-state index contributed by atoms with van der Waals surface area (Å²) in [5.41, 5.74) is 0. The monoisotopic (exact) mass is 225 g/mol. The first-order valence-corrected chi connectivity index (χ1v) is 4.45. The van der Waals surface area contributed by atoms with Crippen molar-refractivity contribution in [1.82, 2.24) is 9.97 Å². The Hall–Kier alpha value is -2.04. The highest BCUT2D eigenvalue weighted by Gasteiger charge is 2.02. The van der Waals surface area contributed by atoms with Crippen LogP contribution in [-0.4, -0.2) is 31.2 Å². The van der Waals surface area contributed by atoms with E-state index < -0.39 is 0 Å². The smallest absolute Gasteiger partial charge is 0.321 e. The molecule has 0 radical (unpaired) electrons. The van der Waals surface area contributed by atoms with Crippen molar-refractivity contribution in [2.24, 2.45) is 0 Å². The van der Waals surface area contributed by atoms with Crippen molar-refractivity contribution in [2.75, 3.05) is 26.6 Å². The molecule has 0 amide bonds. The van der Waals surface area contributed by atoms with Crippen LogP contribution in [0.2, 0.25) is 0 Å². The van der Waals surface area contributed by atoms with Crippen LogP contribution in [0.1, 0.15) is 0 Å². The van der Waals surface area contributed by atoms with Gasteiger partial charge in [-0.15, -0.1) is 26.3 Å². The van der Waals surface area contributed by atoms with E-state index in [1.165, 1.54) is 7.11 Å². The molecule has 1 aromatic rings. The highest BCUT2D eigenvalue weighted by atomic mass is 16.5. The van der Waals surface area contributed by atoms with Crippen molar-refractivity contribution in [3.8, 4) is 11.9 Å². The van der Waals surface area contributed by atoms with E-state index >= 15 is 0 Å². The summed E-state index contributed by atoms with van der Waals surface area (Å²) in [6, 6.07) is 1.97. The zero-order valence-electron chi connectivity index (χ0n) is 10.1.